The fourth-order valence-corrected chi connectivity index (χ4v) is 5.31. The highest BCUT2D eigenvalue weighted by atomic mass is 32.2. The molecular weight excluding hydrogens is 468 g/mol. The van der Waals surface area contributed by atoms with Gasteiger partial charge in [0.2, 0.25) is 15.6 Å². The maximum absolute atomic E-state index is 13.7. The first-order chi connectivity index (χ1) is 16.9. The molecule has 0 amide bonds. The number of rotatable bonds is 6. The first kappa shape index (κ1) is 22.2. The van der Waals surface area contributed by atoms with Crippen molar-refractivity contribution in [2.24, 2.45) is 0 Å². The van der Waals surface area contributed by atoms with Crippen LogP contribution in [-0.4, -0.2) is 24.3 Å². The smallest absolute Gasteiger partial charge is 0.269 e. The summed E-state index contributed by atoms with van der Waals surface area (Å²) in [6.45, 7) is 0. The Kier molecular flexibility index (Phi) is 5.46. The van der Waals surface area contributed by atoms with Crippen LogP contribution in [0.4, 0.5) is 5.69 Å². The number of nitrogens with zero attached hydrogens (tertiary/aromatic N) is 2. The van der Waals surface area contributed by atoms with Crippen LogP contribution in [0.5, 0.6) is 0 Å². The van der Waals surface area contributed by atoms with E-state index in [0.717, 1.165) is 10.8 Å². The molecule has 5 aromatic rings. The molecule has 0 bridgehead atoms. The van der Waals surface area contributed by atoms with E-state index in [9.17, 15) is 23.3 Å². The molecule has 0 saturated carbocycles. The van der Waals surface area contributed by atoms with Crippen molar-refractivity contribution in [1.82, 2.24) is 5.16 Å². The fraction of sp³-hybridized carbons (Fsp3) is 0. The number of carbonyl (C=O) groups excluding carboxylic acids is 1. The molecule has 0 unspecified atom stereocenters. The Hall–Kier alpha value is -4.63. The van der Waals surface area contributed by atoms with Gasteiger partial charge in [-0.3, -0.25) is 14.9 Å². The number of hydrogen-bond donors (Lipinski definition) is 0. The van der Waals surface area contributed by atoms with Crippen molar-refractivity contribution in [1.29, 1.82) is 0 Å². The molecule has 0 aliphatic heterocycles. The third kappa shape index (κ3) is 3.98. The first-order valence-electron chi connectivity index (χ1n) is 10.4. The second-order valence-corrected chi connectivity index (χ2v) is 9.59. The quantitative estimate of drug-likeness (QED) is 0.178. The summed E-state index contributed by atoms with van der Waals surface area (Å²) < 4.78 is 32.7. The van der Waals surface area contributed by atoms with Crippen LogP contribution in [0.15, 0.2) is 111 Å². The van der Waals surface area contributed by atoms with E-state index < -0.39 is 25.4 Å². The van der Waals surface area contributed by atoms with Crippen LogP contribution in [-0.2, 0) is 9.84 Å². The van der Waals surface area contributed by atoms with Crippen LogP contribution >= 0.6 is 0 Å². The summed E-state index contributed by atoms with van der Waals surface area (Å²) in [5.74, 6) is -0.796. The predicted molar refractivity (Wildman–Crippen MR) is 128 cm³/mol. The third-order valence-electron chi connectivity index (χ3n) is 5.54. The minimum absolute atomic E-state index is 0.0427. The highest BCUT2D eigenvalue weighted by Crippen LogP contribution is 2.36. The Balaban J connectivity index is 1.70. The predicted octanol–water partition coefficient (Wildman–Crippen LogP) is 5.47. The SMILES string of the molecule is O=C(c1ccc2ccccc2c1)c1noc(-c2ccc([N+](=O)[O-])cc2)c1S(=O)(=O)c1ccccc1. The summed E-state index contributed by atoms with van der Waals surface area (Å²) in [6.07, 6.45) is 0. The topological polar surface area (TPSA) is 120 Å². The molecule has 0 atom stereocenters. The Morgan fingerprint density at radius 2 is 1.49 bits per heavy atom. The lowest BCUT2D eigenvalue weighted by Crippen LogP contribution is -2.11. The second-order valence-electron chi connectivity index (χ2n) is 7.70. The molecule has 9 heteroatoms. The number of hydrogen-bond acceptors (Lipinski definition) is 7. The normalized spacial score (nSPS) is 11.4. The van der Waals surface area contributed by atoms with Gasteiger partial charge >= 0.3 is 0 Å². The number of nitro groups is 1. The maximum atomic E-state index is 13.7. The Morgan fingerprint density at radius 1 is 0.829 bits per heavy atom. The molecule has 0 aliphatic carbocycles. The lowest BCUT2D eigenvalue weighted by molar-refractivity contribution is -0.384. The first-order valence-corrected chi connectivity index (χ1v) is 11.9. The standard InChI is InChI=1S/C26H16N2O6S/c29-24(20-11-10-17-6-4-5-7-19(17)16-20)23-26(35(32,33)22-8-2-1-3-9-22)25(34-27-23)18-12-14-21(15-13-18)28(30)31/h1-16H. The zero-order valence-electron chi connectivity index (χ0n) is 18.0. The Morgan fingerprint density at radius 3 is 2.17 bits per heavy atom. The lowest BCUT2D eigenvalue weighted by Gasteiger charge is -2.07. The van der Waals surface area contributed by atoms with E-state index in [0.29, 0.717) is 0 Å². The monoisotopic (exact) mass is 484 g/mol. The number of fused-ring (bicyclic) bond motifs is 1. The Bertz CT molecular complexity index is 1690. The molecule has 35 heavy (non-hydrogen) atoms. The highest BCUT2D eigenvalue weighted by Gasteiger charge is 2.34. The molecular formula is C26H16N2O6S. The highest BCUT2D eigenvalue weighted by molar-refractivity contribution is 7.91. The van der Waals surface area contributed by atoms with Crippen molar-refractivity contribution >= 4 is 32.1 Å². The van der Waals surface area contributed by atoms with Crippen molar-refractivity contribution in [2.75, 3.05) is 0 Å². The molecule has 0 spiro atoms. The number of nitro benzene ring substituents is 1. The van der Waals surface area contributed by atoms with Crippen molar-refractivity contribution in [3.8, 4) is 11.3 Å². The van der Waals surface area contributed by atoms with Crippen molar-refractivity contribution in [3.05, 3.63) is 118 Å². The molecule has 1 aromatic heterocycles. The molecule has 0 saturated heterocycles. The van der Waals surface area contributed by atoms with Gasteiger partial charge in [-0.25, -0.2) is 8.42 Å². The van der Waals surface area contributed by atoms with Crippen LogP contribution < -0.4 is 0 Å². The Labute approximate surface area is 199 Å². The summed E-state index contributed by atoms with van der Waals surface area (Å²) in [4.78, 5) is 23.5. The van der Waals surface area contributed by atoms with Crippen molar-refractivity contribution in [3.63, 3.8) is 0 Å². The van der Waals surface area contributed by atoms with Gasteiger partial charge in [-0.05, 0) is 41.1 Å². The number of ketones is 1. The number of aromatic nitrogens is 1. The second kappa shape index (κ2) is 8.62. The van der Waals surface area contributed by atoms with E-state index in [-0.39, 0.29) is 33.2 Å². The number of carbonyl (C=O) groups is 1. The minimum atomic E-state index is -4.24. The summed E-state index contributed by atoms with van der Waals surface area (Å²) in [6, 6.07) is 25.3. The zero-order chi connectivity index (χ0) is 24.6. The molecule has 1 heterocycles. The van der Waals surface area contributed by atoms with Gasteiger partial charge in [0.1, 0.15) is 0 Å². The van der Waals surface area contributed by atoms with Crippen LogP contribution in [0.2, 0.25) is 0 Å². The van der Waals surface area contributed by atoms with Crippen molar-refractivity contribution < 1.29 is 22.7 Å². The molecule has 0 fully saturated rings. The van der Waals surface area contributed by atoms with Crippen LogP contribution in [0.25, 0.3) is 22.1 Å². The van der Waals surface area contributed by atoms with Gasteiger partial charge in [-0.2, -0.15) is 0 Å². The molecule has 0 aliphatic rings. The molecule has 172 valence electrons. The largest absolute Gasteiger partial charge is 0.354 e. The van der Waals surface area contributed by atoms with Gasteiger partial charge < -0.3 is 4.52 Å². The molecule has 0 radical (unpaired) electrons. The maximum Gasteiger partial charge on any atom is 0.269 e. The average molecular weight is 484 g/mol. The van der Waals surface area contributed by atoms with Crippen LogP contribution in [0.3, 0.4) is 0 Å². The van der Waals surface area contributed by atoms with Gasteiger partial charge in [0.05, 0.1) is 9.82 Å². The van der Waals surface area contributed by atoms with Crippen molar-refractivity contribution in [2.45, 2.75) is 9.79 Å². The summed E-state index contributed by atoms with van der Waals surface area (Å²) in [5.41, 5.74) is -0.0578. The van der Waals surface area contributed by atoms with Crippen LogP contribution in [0.1, 0.15) is 16.1 Å². The van der Waals surface area contributed by atoms with Crippen LogP contribution in [0, 0.1) is 10.1 Å². The van der Waals surface area contributed by atoms with Gasteiger partial charge in [0.25, 0.3) is 5.69 Å². The average Bonchev–Trinajstić information content (AvgIpc) is 3.35. The molecule has 5 rings (SSSR count). The number of benzene rings is 4. The molecule has 0 N–H and O–H groups in total. The summed E-state index contributed by atoms with van der Waals surface area (Å²) in [5, 5.41) is 16.6. The van der Waals surface area contributed by atoms with E-state index in [2.05, 4.69) is 5.16 Å². The minimum Gasteiger partial charge on any atom is -0.354 e. The number of non-ortho nitro benzene ring substituents is 1. The summed E-state index contributed by atoms with van der Waals surface area (Å²) in [7, 11) is -4.24. The van der Waals surface area contributed by atoms with E-state index in [4.69, 9.17) is 4.52 Å². The van der Waals surface area contributed by atoms with E-state index in [1.807, 2.05) is 24.3 Å². The lowest BCUT2D eigenvalue weighted by atomic mass is 10.0. The zero-order valence-corrected chi connectivity index (χ0v) is 18.8. The molecule has 8 nitrogen and oxygen atoms in total. The van der Waals surface area contributed by atoms with E-state index >= 15 is 0 Å². The fourth-order valence-electron chi connectivity index (χ4n) is 3.78. The van der Waals surface area contributed by atoms with Gasteiger partial charge in [0.15, 0.2) is 16.3 Å². The van der Waals surface area contributed by atoms with Gasteiger partial charge in [-0.15, -0.1) is 0 Å². The summed E-state index contributed by atoms with van der Waals surface area (Å²) >= 11 is 0. The third-order valence-corrected chi connectivity index (χ3v) is 7.35. The van der Waals surface area contributed by atoms with E-state index in [1.54, 1.807) is 36.4 Å². The molecule has 4 aromatic carbocycles. The van der Waals surface area contributed by atoms with Gasteiger partial charge in [0, 0.05) is 23.3 Å². The van der Waals surface area contributed by atoms with Gasteiger partial charge in [-0.1, -0.05) is 59.8 Å². The van der Waals surface area contributed by atoms with E-state index in [1.165, 1.54) is 36.4 Å². The number of sulfone groups is 1.